The Morgan fingerprint density at radius 2 is 2.13 bits per heavy atom. The van der Waals surface area contributed by atoms with Crippen LogP contribution in [0.15, 0.2) is 16.5 Å². The lowest BCUT2D eigenvalue weighted by atomic mass is 10.3. The average Bonchev–Trinajstić information content (AvgIpc) is 3.42. The molecule has 2 aliphatic carbocycles. The molecule has 1 aromatic heterocycles. The Labute approximate surface area is 135 Å². The van der Waals surface area contributed by atoms with Crippen LogP contribution in [0.2, 0.25) is 0 Å². The molecular formula is C17H24N2O4. The topological polar surface area (TPSA) is 82.8 Å². The molecule has 23 heavy (non-hydrogen) atoms. The van der Waals surface area contributed by atoms with E-state index in [0.29, 0.717) is 31.3 Å². The van der Waals surface area contributed by atoms with E-state index in [-0.39, 0.29) is 18.5 Å². The zero-order chi connectivity index (χ0) is 16.4. The van der Waals surface area contributed by atoms with E-state index >= 15 is 0 Å². The van der Waals surface area contributed by atoms with Gasteiger partial charge in [0.2, 0.25) is 0 Å². The smallest absolute Gasteiger partial charge is 0.318 e. The Kier molecular flexibility index (Phi) is 4.59. The number of nitrogens with one attached hydrogen (secondary N) is 1. The molecule has 2 N–H and O–H groups in total. The number of carbonyl (C=O) groups is 2. The van der Waals surface area contributed by atoms with Gasteiger partial charge in [0.15, 0.2) is 0 Å². The first-order chi connectivity index (χ1) is 11.0. The third-order valence-corrected chi connectivity index (χ3v) is 4.58. The Morgan fingerprint density at radius 1 is 1.39 bits per heavy atom. The maximum Gasteiger partial charge on any atom is 0.318 e. The molecule has 0 saturated heterocycles. The van der Waals surface area contributed by atoms with Crippen molar-refractivity contribution < 1.29 is 19.1 Å². The van der Waals surface area contributed by atoms with Crippen molar-refractivity contribution in [1.82, 2.24) is 10.2 Å². The number of hydrogen-bond acceptors (Lipinski definition) is 3. The minimum absolute atomic E-state index is 0.0742. The van der Waals surface area contributed by atoms with Crippen molar-refractivity contribution in [2.45, 2.75) is 57.5 Å². The number of urea groups is 1. The first-order valence-electron chi connectivity index (χ1n) is 8.39. The monoisotopic (exact) mass is 320 g/mol. The van der Waals surface area contributed by atoms with Gasteiger partial charge in [0.1, 0.15) is 11.5 Å². The fourth-order valence-corrected chi connectivity index (χ4v) is 2.85. The lowest BCUT2D eigenvalue weighted by Crippen LogP contribution is -2.41. The van der Waals surface area contributed by atoms with Crippen LogP contribution in [0.3, 0.4) is 0 Å². The summed E-state index contributed by atoms with van der Waals surface area (Å²) in [6, 6.07) is 4.14. The van der Waals surface area contributed by atoms with Crippen LogP contribution in [0.1, 0.15) is 56.5 Å². The fraction of sp³-hybridized carbons (Fsp3) is 0.647. The molecule has 2 fully saturated rings. The van der Waals surface area contributed by atoms with Crippen LogP contribution in [0, 0.1) is 5.92 Å². The number of amides is 2. The van der Waals surface area contributed by atoms with Gasteiger partial charge >= 0.3 is 12.0 Å². The first-order valence-corrected chi connectivity index (χ1v) is 8.39. The summed E-state index contributed by atoms with van der Waals surface area (Å²) < 4.78 is 5.89. The normalized spacial score (nSPS) is 22.7. The largest absolute Gasteiger partial charge is 0.481 e. The zero-order valence-electron chi connectivity index (χ0n) is 13.5. The van der Waals surface area contributed by atoms with Gasteiger partial charge in [0.05, 0.1) is 6.54 Å². The predicted octanol–water partition coefficient (Wildman–Crippen LogP) is 2.94. The number of carboxylic acid groups (broad SMARTS) is 1. The summed E-state index contributed by atoms with van der Waals surface area (Å²) in [7, 11) is 0. The van der Waals surface area contributed by atoms with Crippen molar-refractivity contribution in [3.8, 4) is 0 Å². The van der Waals surface area contributed by atoms with Gasteiger partial charge in [-0.05, 0) is 43.7 Å². The summed E-state index contributed by atoms with van der Waals surface area (Å²) in [5, 5.41) is 11.4. The third-order valence-electron chi connectivity index (χ3n) is 4.58. The number of rotatable bonds is 8. The van der Waals surface area contributed by atoms with Crippen LogP contribution in [0.25, 0.3) is 0 Å². The Hall–Kier alpha value is -1.98. The second kappa shape index (κ2) is 6.64. The number of hydrogen-bond donors (Lipinski definition) is 2. The van der Waals surface area contributed by atoms with E-state index in [2.05, 4.69) is 12.2 Å². The molecule has 1 heterocycles. The minimum Gasteiger partial charge on any atom is -0.481 e. The van der Waals surface area contributed by atoms with E-state index in [1.54, 1.807) is 4.90 Å². The van der Waals surface area contributed by atoms with Crippen LogP contribution >= 0.6 is 0 Å². The van der Waals surface area contributed by atoms with Gasteiger partial charge in [-0.3, -0.25) is 4.79 Å². The molecule has 1 aromatic rings. The highest BCUT2D eigenvalue weighted by Crippen LogP contribution is 2.47. The molecule has 2 atom stereocenters. The van der Waals surface area contributed by atoms with Crippen molar-refractivity contribution in [3.05, 3.63) is 23.7 Å². The molecule has 6 nitrogen and oxygen atoms in total. The van der Waals surface area contributed by atoms with Gasteiger partial charge in [-0.2, -0.15) is 0 Å². The first kappa shape index (κ1) is 15.9. The zero-order valence-corrected chi connectivity index (χ0v) is 13.5. The van der Waals surface area contributed by atoms with E-state index in [1.165, 1.54) is 6.42 Å². The van der Waals surface area contributed by atoms with Crippen LogP contribution in [0.4, 0.5) is 4.79 Å². The summed E-state index contributed by atoms with van der Waals surface area (Å²) in [5.74, 6) is 2.27. The lowest BCUT2D eigenvalue weighted by Gasteiger charge is -2.21. The molecule has 2 unspecified atom stereocenters. The Morgan fingerprint density at radius 3 is 2.74 bits per heavy atom. The lowest BCUT2D eigenvalue weighted by molar-refractivity contribution is -0.137. The van der Waals surface area contributed by atoms with Crippen molar-refractivity contribution in [1.29, 1.82) is 0 Å². The summed E-state index contributed by atoms with van der Waals surface area (Å²) in [5.41, 5.74) is 0. The van der Waals surface area contributed by atoms with Crippen molar-refractivity contribution in [3.63, 3.8) is 0 Å². The minimum atomic E-state index is -0.837. The molecule has 126 valence electrons. The van der Waals surface area contributed by atoms with Gasteiger partial charge in [-0.1, -0.05) is 6.92 Å². The van der Waals surface area contributed by atoms with E-state index in [1.807, 2.05) is 12.1 Å². The van der Waals surface area contributed by atoms with Crippen molar-refractivity contribution in [2.24, 2.45) is 5.92 Å². The Balaban J connectivity index is 1.51. The summed E-state index contributed by atoms with van der Waals surface area (Å²) in [4.78, 5) is 24.6. The van der Waals surface area contributed by atoms with E-state index < -0.39 is 5.97 Å². The fourth-order valence-electron chi connectivity index (χ4n) is 2.85. The number of carbonyl (C=O) groups excluding carboxylic acids is 1. The van der Waals surface area contributed by atoms with E-state index in [4.69, 9.17) is 9.52 Å². The molecule has 2 saturated carbocycles. The van der Waals surface area contributed by atoms with Gasteiger partial charge < -0.3 is 19.7 Å². The second-order valence-electron chi connectivity index (χ2n) is 6.71. The SMILES string of the molecule is CC1CC1c1ccc(CN(C(=O)NCCCC(=O)O)C2CC2)o1. The van der Waals surface area contributed by atoms with Crippen molar-refractivity contribution >= 4 is 12.0 Å². The summed E-state index contributed by atoms with van der Waals surface area (Å²) in [6.45, 7) is 3.09. The van der Waals surface area contributed by atoms with Crippen LogP contribution < -0.4 is 5.32 Å². The average molecular weight is 320 g/mol. The predicted molar refractivity (Wildman–Crippen MR) is 84.1 cm³/mol. The van der Waals surface area contributed by atoms with Gasteiger partial charge in [0, 0.05) is 24.9 Å². The third kappa shape index (κ3) is 4.27. The molecule has 2 aliphatic rings. The van der Waals surface area contributed by atoms with E-state index in [9.17, 15) is 9.59 Å². The quantitative estimate of drug-likeness (QED) is 0.721. The number of carboxylic acids is 1. The molecule has 0 spiro atoms. The highest BCUT2D eigenvalue weighted by atomic mass is 16.4. The molecule has 0 aliphatic heterocycles. The molecule has 2 amide bonds. The highest BCUT2D eigenvalue weighted by Gasteiger charge is 2.37. The van der Waals surface area contributed by atoms with Crippen LogP contribution in [-0.2, 0) is 11.3 Å². The molecule has 0 radical (unpaired) electrons. The van der Waals surface area contributed by atoms with Crippen molar-refractivity contribution in [2.75, 3.05) is 6.54 Å². The standard InChI is InChI=1S/C17H24N2O4/c1-11-9-14(11)15-7-6-13(23-15)10-19(12-4-5-12)17(22)18-8-2-3-16(20)21/h6-7,11-12,14H,2-5,8-10H2,1H3,(H,18,22)(H,20,21). The molecule has 0 aromatic carbocycles. The van der Waals surface area contributed by atoms with Crippen LogP contribution in [-0.4, -0.2) is 34.6 Å². The van der Waals surface area contributed by atoms with Crippen LogP contribution in [0.5, 0.6) is 0 Å². The molecule has 0 bridgehead atoms. The second-order valence-corrected chi connectivity index (χ2v) is 6.71. The highest BCUT2D eigenvalue weighted by molar-refractivity contribution is 5.75. The number of furan rings is 1. The summed E-state index contributed by atoms with van der Waals surface area (Å²) >= 11 is 0. The number of aliphatic carboxylic acids is 1. The number of nitrogens with zero attached hydrogens (tertiary/aromatic N) is 1. The van der Waals surface area contributed by atoms with Gasteiger partial charge in [-0.25, -0.2) is 4.79 Å². The molecular weight excluding hydrogens is 296 g/mol. The van der Waals surface area contributed by atoms with Gasteiger partial charge in [0.25, 0.3) is 0 Å². The molecule has 3 rings (SSSR count). The maximum atomic E-state index is 12.3. The van der Waals surface area contributed by atoms with E-state index in [0.717, 1.165) is 24.4 Å². The Bertz CT molecular complexity index is 579. The molecule has 6 heteroatoms. The maximum absolute atomic E-state index is 12.3. The summed E-state index contributed by atoms with van der Waals surface area (Å²) in [6.07, 6.45) is 3.75. The van der Waals surface area contributed by atoms with Gasteiger partial charge in [-0.15, -0.1) is 0 Å².